The van der Waals surface area contributed by atoms with Gasteiger partial charge in [-0.05, 0) is 48.0 Å². The summed E-state index contributed by atoms with van der Waals surface area (Å²) < 4.78 is 20.7. The van der Waals surface area contributed by atoms with Crippen molar-refractivity contribution in [1.82, 2.24) is 0 Å². The zero-order chi connectivity index (χ0) is 19.1. The fraction of sp³-hybridized carbons (Fsp3) is 0.200. The van der Waals surface area contributed by atoms with Gasteiger partial charge in [-0.15, -0.1) is 0 Å². The molecule has 0 atom stereocenters. The summed E-state index contributed by atoms with van der Waals surface area (Å²) in [4.78, 5) is 23.1. The topological polar surface area (TPSA) is 83.1 Å². The van der Waals surface area contributed by atoms with E-state index in [0.717, 1.165) is 5.56 Å². The molecule has 0 unspecified atom stereocenters. The maximum absolute atomic E-state index is 12.1. The molecule has 0 aliphatic carbocycles. The number of rotatable bonds is 6. The Bertz CT molecular complexity index is 844. The number of carbonyl (C=O) groups is 2. The summed E-state index contributed by atoms with van der Waals surface area (Å²) in [7, 11) is 1.29. The lowest BCUT2D eigenvalue weighted by Gasteiger charge is -2.18. The SMILES string of the molecule is COC(=O)COc1ccc(NC(=O)C=Cc2ccc3c(c2)OCCO3)cc1. The Morgan fingerprint density at radius 1 is 1.07 bits per heavy atom. The number of nitrogens with one attached hydrogen (secondary N) is 1. The summed E-state index contributed by atoms with van der Waals surface area (Å²) in [6, 6.07) is 12.2. The Hall–Kier alpha value is -3.48. The molecule has 2 aromatic rings. The molecule has 27 heavy (non-hydrogen) atoms. The highest BCUT2D eigenvalue weighted by atomic mass is 16.6. The van der Waals surface area contributed by atoms with Gasteiger partial charge in [-0.3, -0.25) is 4.79 Å². The van der Waals surface area contributed by atoms with Crippen molar-refractivity contribution < 1.29 is 28.5 Å². The number of amides is 1. The first-order chi connectivity index (χ1) is 13.1. The van der Waals surface area contributed by atoms with Gasteiger partial charge < -0.3 is 24.3 Å². The zero-order valence-electron chi connectivity index (χ0n) is 14.8. The molecule has 1 heterocycles. The maximum atomic E-state index is 12.1. The van der Waals surface area contributed by atoms with Crippen LogP contribution in [0, 0.1) is 0 Å². The van der Waals surface area contributed by atoms with Crippen LogP contribution in [0.15, 0.2) is 48.5 Å². The standard InChI is InChI=1S/C20H19NO6/c1-24-20(23)13-27-16-6-4-15(5-7-16)21-19(22)9-3-14-2-8-17-18(12-14)26-11-10-25-17/h2-9,12H,10-11,13H2,1H3,(H,21,22). The van der Waals surface area contributed by atoms with E-state index in [1.54, 1.807) is 30.3 Å². The van der Waals surface area contributed by atoms with Crippen LogP contribution < -0.4 is 19.5 Å². The first-order valence-corrected chi connectivity index (χ1v) is 8.32. The predicted molar refractivity (Wildman–Crippen MR) is 99.0 cm³/mol. The molecule has 1 N–H and O–H groups in total. The second-order valence-corrected chi connectivity index (χ2v) is 5.61. The Kier molecular flexibility index (Phi) is 5.94. The van der Waals surface area contributed by atoms with Crippen LogP contribution in [-0.4, -0.2) is 38.8 Å². The number of carbonyl (C=O) groups excluding carboxylic acids is 2. The van der Waals surface area contributed by atoms with Crippen molar-refractivity contribution in [1.29, 1.82) is 0 Å². The molecule has 7 nitrogen and oxygen atoms in total. The summed E-state index contributed by atoms with van der Waals surface area (Å²) >= 11 is 0. The lowest BCUT2D eigenvalue weighted by Crippen LogP contribution is -2.15. The number of anilines is 1. The molecule has 140 valence electrons. The second-order valence-electron chi connectivity index (χ2n) is 5.61. The van der Waals surface area contributed by atoms with Crippen LogP contribution in [0.3, 0.4) is 0 Å². The Morgan fingerprint density at radius 2 is 1.81 bits per heavy atom. The molecule has 0 spiro atoms. The third kappa shape index (κ3) is 5.24. The van der Waals surface area contributed by atoms with Gasteiger partial charge in [0.05, 0.1) is 7.11 Å². The molecule has 1 amide bonds. The molecule has 0 saturated carbocycles. The minimum absolute atomic E-state index is 0.166. The average molecular weight is 369 g/mol. The lowest BCUT2D eigenvalue weighted by molar-refractivity contribution is -0.142. The molecule has 0 aromatic heterocycles. The number of benzene rings is 2. The molecule has 0 fully saturated rings. The Labute approximate surface area is 156 Å². The van der Waals surface area contributed by atoms with Gasteiger partial charge in [0.2, 0.25) is 5.91 Å². The number of hydrogen-bond acceptors (Lipinski definition) is 6. The predicted octanol–water partition coefficient (Wildman–Crippen LogP) is 2.66. The first-order valence-electron chi connectivity index (χ1n) is 8.32. The van der Waals surface area contributed by atoms with E-state index in [0.29, 0.717) is 36.1 Å². The van der Waals surface area contributed by atoms with Crippen molar-refractivity contribution >= 4 is 23.6 Å². The number of hydrogen-bond donors (Lipinski definition) is 1. The highest BCUT2D eigenvalue weighted by molar-refractivity contribution is 6.02. The van der Waals surface area contributed by atoms with E-state index in [-0.39, 0.29) is 12.5 Å². The third-order valence-electron chi connectivity index (χ3n) is 3.70. The molecule has 1 aliphatic rings. The first kappa shape index (κ1) is 18.3. The molecule has 0 bridgehead atoms. The molecule has 1 aliphatic heterocycles. The van der Waals surface area contributed by atoms with E-state index in [1.165, 1.54) is 13.2 Å². The summed E-state index contributed by atoms with van der Waals surface area (Å²) in [5, 5.41) is 2.75. The van der Waals surface area contributed by atoms with E-state index in [1.807, 2.05) is 18.2 Å². The second kappa shape index (κ2) is 8.75. The number of methoxy groups -OCH3 is 1. The minimum Gasteiger partial charge on any atom is -0.486 e. The van der Waals surface area contributed by atoms with Gasteiger partial charge in [0.15, 0.2) is 18.1 Å². The molecule has 0 saturated heterocycles. The van der Waals surface area contributed by atoms with Crippen molar-refractivity contribution in [3.63, 3.8) is 0 Å². The highest BCUT2D eigenvalue weighted by Gasteiger charge is 2.10. The monoisotopic (exact) mass is 369 g/mol. The van der Waals surface area contributed by atoms with Crippen LogP contribution in [0.5, 0.6) is 17.2 Å². The zero-order valence-corrected chi connectivity index (χ0v) is 14.8. The normalized spacial score (nSPS) is 12.5. The van der Waals surface area contributed by atoms with Gasteiger partial charge in [-0.25, -0.2) is 4.79 Å². The Balaban J connectivity index is 1.54. The van der Waals surface area contributed by atoms with Gasteiger partial charge in [0.1, 0.15) is 19.0 Å². The summed E-state index contributed by atoms with van der Waals surface area (Å²) in [6.07, 6.45) is 3.13. The minimum atomic E-state index is -0.461. The third-order valence-corrected chi connectivity index (χ3v) is 3.70. The molecule has 3 rings (SSSR count). The Morgan fingerprint density at radius 3 is 2.56 bits per heavy atom. The smallest absolute Gasteiger partial charge is 0.343 e. The summed E-state index contributed by atoms with van der Waals surface area (Å²) in [6.45, 7) is 0.886. The van der Waals surface area contributed by atoms with E-state index < -0.39 is 5.97 Å². The largest absolute Gasteiger partial charge is 0.486 e. The molecular formula is C20H19NO6. The summed E-state index contributed by atoms with van der Waals surface area (Å²) in [5.74, 6) is 1.15. The van der Waals surface area contributed by atoms with Crippen LogP contribution >= 0.6 is 0 Å². The van der Waals surface area contributed by atoms with Gasteiger partial charge in [0, 0.05) is 11.8 Å². The lowest BCUT2D eigenvalue weighted by atomic mass is 10.2. The van der Waals surface area contributed by atoms with Crippen molar-refractivity contribution in [3.8, 4) is 17.2 Å². The van der Waals surface area contributed by atoms with Crippen molar-refractivity contribution in [3.05, 3.63) is 54.1 Å². The number of fused-ring (bicyclic) bond motifs is 1. The maximum Gasteiger partial charge on any atom is 0.343 e. The van der Waals surface area contributed by atoms with Gasteiger partial charge in [-0.1, -0.05) is 6.07 Å². The van der Waals surface area contributed by atoms with Crippen molar-refractivity contribution in [2.45, 2.75) is 0 Å². The van der Waals surface area contributed by atoms with Crippen molar-refractivity contribution in [2.75, 3.05) is 32.2 Å². The quantitative estimate of drug-likeness (QED) is 0.623. The average Bonchev–Trinajstić information content (AvgIpc) is 2.71. The highest BCUT2D eigenvalue weighted by Crippen LogP contribution is 2.31. The fourth-order valence-electron chi connectivity index (χ4n) is 2.36. The molecule has 2 aromatic carbocycles. The van der Waals surface area contributed by atoms with Crippen LogP contribution in [0.25, 0.3) is 6.08 Å². The van der Waals surface area contributed by atoms with E-state index in [4.69, 9.17) is 14.2 Å². The van der Waals surface area contributed by atoms with E-state index in [2.05, 4.69) is 10.1 Å². The fourth-order valence-corrected chi connectivity index (χ4v) is 2.36. The van der Waals surface area contributed by atoms with Gasteiger partial charge in [-0.2, -0.15) is 0 Å². The van der Waals surface area contributed by atoms with Crippen LogP contribution in [-0.2, 0) is 14.3 Å². The summed E-state index contributed by atoms with van der Waals surface area (Å²) in [5.41, 5.74) is 1.44. The van der Waals surface area contributed by atoms with Gasteiger partial charge >= 0.3 is 5.97 Å². The van der Waals surface area contributed by atoms with Crippen LogP contribution in [0.1, 0.15) is 5.56 Å². The van der Waals surface area contributed by atoms with Crippen molar-refractivity contribution in [2.24, 2.45) is 0 Å². The van der Waals surface area contributed by atoms with Gasteiger partial charge in [0.25, 0.3) is 0 Å². The number of ether oxygens (including phenoxy) is 4. The molecular weight excluding hydrogens is 350 g/mol. The molecule has 0 radical (unpaired) electrons. The van der Waals surface area contributed by atoms with E-state index >= 15 is 0 Å². The van der Waals surface area contributed by atoms with E-state index in [9.17, 15) is 9.59 Å². The number of esters is 1. The van der Waals surface area contributed by atoms with Crippen LogP contribution in [0.4, 0.5) is 5.69 Å². The molecule has 7 heteroatoms. The van der Waals surface area contributed by atoms with Crippen LogP contribution in [0.2, 0.25) is 0 Å².